The summed E-state index contributed by atoms with van der Waals surface area (Å²) in [4.78, 5) is 4.17. The Morgan fingerprint density at radius 3 is 2.42 bits per heavy atom. The fourth-order valence-corrected chi connectivity index (χ4v) is 1.67. The molecule has 2 aromatic rings. The number of hydrogen-bond donors (Lipinski definition) is 2. The van der Waals surface area contributed by atoms with Crippen molar-refractivity contribution in [3.8, 4) is 0 Å². The van der Waals surface area contributed by atoms with Crippen LogP contribution >= 0.6 is 36.4 Å². The first-order valence-corrected chi connectivity index (χ1v) is 5.82. The molecule has 0 aliphatic heterocycles. The van der Waals surface area contributed by atoms with E-state index in [2.05, 4.69) is 10.3 Å². The lowest BCUT2D eigenvalue weighted by atomic mass is 10.1. The molecule has 1 aromatic heterocycles. The maximum Gasteiger partial charge on any atom is 0.149 e. The quantitative estimate of drug-likeness (QED) is 0.900. The zero-order valence-electron chi connectivity index (χ0n) is 10.2. The summed E-state index contributed by atoms with van der Waals surface area (Å²) in [5.74, 6) is 0.737. The molecule has 0 aliphatic rings. The van der Waals surface area contributed by atoms with Crippen LogP contribution in [0.25, 0.3) is 0 Å². The number of nitrogen functional groups attached to an aromatic ring is 1. The molecule has 1 aromatic carbocycles. The minimum Gasteiger partial charge on any atom is -0.396 e. The molecule has 1 heterocycles. The van der Waals surface area contributed by atoms with E-state index in [1.54, 1.807) is 6.20 Å². The fraction of sp³-hybridized carbons (Fsp3) is 0.154. The molecule has 3 nitrogen and oxygen atoms in total. The van der Waals surface area contributed by atoms with Crippen LogP contribution in [0.15, 0.2) is 42.6 Å². The average molecular weight is 321 g/mol. The van der Waals surface area contributed by atoms with Crippen molar-refractivity contribution in [1.82, 2.24) is 4.98 Å². The van der Waals surface area contributed by atoms with Crippen LogP contribution in [-0.2, 0) is 6.42 Å². The number of aromatic nitrogens is 1. The third-order valence-electron chi connectivity index (χ3n) is 2.46. The second-order valence-corrected chi connectivity index (χ2v) is 4.18. The van der Waals surface area contributed by atoms with Crippen LogP contribution in [0.1, 0.15) is 5.56 Å². The largest absolute Gasteiger partial charge is 0.396 e. The van der Waals surface area contributed by atoms with Gasteiger partial charge in [0.25, 0.3) is 0 Å². The lowest BCUT2D eigenvalue weighted by molar-refractivity contribution is 1.01. The number of benzene rings is 1. The van der Waals surface area contributed by atoms with Gasteiger partial charge in [-0.15, -0.1) is 24.8 Å². The predicted molar refractivity (Wildman–Crippen MR) is 86.8 cm³/mol. The Morgan fingerprint density at radius 2 is 1.79 bits per heavy atom. The number of rotatable bonds is 4. The molecule has 0 radical (unpaired) electrons. The molecular formula is C13H16Cl3N3. The molecule has 0 saturated carbocycles. The molecule has 0 saturated heterocycles. The Balaban J connectivity index is 0.00000162. The van der Waals surface area contributed by atoms with E-state index >= 15 is 0 Å². The zero-order valence-corrected chi connectivity index (χ0v) is 12.6. The van der Waals surface area contributed by atoms with Crippen LogP contribution in [0.2, 0.25) is 5.02 Å². The van der Waals surface area contributed by atoms with Gasteiger partial charge in [-0.3, -0.25) is 0 Å². The highest BCUT2D eigenvalue weighted by atomic mass is 35.5. The monoisotopic (exact) mass is 319 g/mol. The molecule has 0 amide bonds. The van der Waals surface area contributed by atoms with E-state index in [0.29, 0.717) is 5.69 Å². The van der Waals surface area contributed by atoms with E-state index in [1.165, 1.54) is 5.56 Å². The van der Waals surface area contributed by atoms with Crippen molar-refractivity contribution >= 4 is 47.9 Å². The molecule has 2 rings (SSSR count). The fourth-order valence-electron chi connectivity index (χ4n) is 1.54. The Bertz CT molecular complexity index is 489. The van der Waals surface area contributed by atoms with E-state index in [0.717, 1.165) is 23.8 Å². The third kappa shape index (κ3) is 5.55. The summed E-state index contributed by atoms with van der Waals surface area (Å²) in [6.07, 6.45) is 2.63. The van der Waals surface area contributed by atoms with Crippen molar-refractivity contribution in [2.75, 3.05) is 17.6 Å². The van der Waals surface area contributed by atoms with Crippen LogP contribution in [0.4, 0.5) is 11.5 Å². The van der Waals surface area contributed by atoms with Gasteiger partial charge in [0.05, 0.1) is 5.69 Å². The third-order valence-corrected chi connectivity index (χ3v) is 2.71. The molecule has 0 aliphatic carbocycles. The molecule has 3 N–H and O–H groups in total. The predicted octanol–water partition coefficient (Wildman–Crippen LogP) is 3.82. The van der Waals surface area contributed by atoms with Gasteiger partial charge in [-0.2, -0.15) is 0 Å². The van der Waals surface area contributed by atoms with E-state index < -0.39 is 0 Å². The molecular weight excluding hydrogens is 305 g/mol. The Kier molecular flexibility index (Phi) is 8.32. The minimum atomic E-state index is 0. The first-order chi connectivity index (χ1) is 8.25. The van der Waals surface area contributed by atoms with Crippen molar-refractivity contribution in [2.24, 2.45) is 0 Å². The standard InChI is InChI=1S/C13H14ClN3.2ClH/c14-11-5-3-10(4-6-11)7-9-17-13-12(15)2-1-8-16-13;;/h1-6,8H,7,9,15H2,(H,16,17);2*1H. The smallest absolute Gasteiger partial charge is 0.149 e. The lowest BCUT2D eigenvalue weighted by Crippen LogP contribution is -2.08. The van der Waals surface area contributed by atoms with Gasteiger partial charge in [0.2, 0.25) is 0 Å². The Morgan fingerprint density at radius 1 is 1.11 bits per heavy atom. The van der Waals surface area contributed by atoms with Crippen LogP contribution in [0.5, 0.6) is 0 Å². The Hall–Kier alpha value is -1.16. The van der Waals surface area contributed by atoms with E-state index in [1.807, 2.05) is 36.4 Å². The SMILES string of the molecule is Cl.Cl.Nc1cccnc1NCCc1ccc(Cl)cc1. The number of nitrogens with zero attached hydrogens (tertiary/aromatic N) is 1. The maximum atomic E-state index is 5.82. The Labute approximate surface area is 130 Å². The molecule has 104 valence electrons. The van der Waals surface area contributed by atoms with E-state index in [4.69, 9.17) is 17.3 Å². The summed E-state index contributed by atoms with van der Waals surface area (Å²) >= 11 is 5.82. The summed E-state index contributed by atoms with van der Waals surface area (Å²) in [7, 11) is 0. The first kappa shape index (κ1) is 17.8. The molecule has 0 unspecified atom stereocenters. The number of nitrogens with two attached hydrogens (primary N) is 1. The zero-order chi connectivity index (χ0) is 12.1. The van der Waals surface area contributed by atoms with Crippen molar-refractivity contribution in [2.45, 2.75) is 6.42 Å². The van der Waals surface area contributed by atoms with Crippen LogP contribution in [0.3, 0.4) is 0 Å². The number of halogens is 3. The highest BCUT2D eigenvalue weighted by Gasteiger charge is 1.98. The topological polar surface area (TPSA) is 50.9 Å². The highest BCUT2D eigenvalue weighted by molar-refractivity contribution is 6.30. The van der Waals surface area contributed by atoms with Crippen LogP contribution in [-0.4, -0.2) is 11.5 Å². The summed E-state index contributed by atoms with van der Waals surface area (Å²) in [5.41, 5.74) is 7.68. The van der Waals surface area contributed by atoms with Gasteiger partial charge in [0.15, 0.2) is 0 Å². The van der Waals surface area contributed by atoms with Crippen molar-refractivity contribution in [3.63, 3.8) is 0 Å². The number of anilines is 2. The van der Waals surface area contributed by atoms with Gasteiger partial charge in [-0.05, 0) is 36.2 Å². The molecule has 0 spiro atoms. The van der Waals surface area contributed by atoms with Crippen molar-refractivity contribution in [1.29, 1.82) is 0 Å². The summed E-state index contributed by atoms with van der Waals surface area (Å²) in [6, 6.07) is 11.5. The van der Waals surface area contributed by atoms with E-state index in [9.17, 15) is 0 Å². The van der Waals surface area contributed by atoms with Gasteiger partial charge in [0.1, 0.15) is 5.82 Å². The minimum absolute atomic E-state index is 0. The average Bonchev–Trinajstić information content (AvgIpc) is 2.34. The number of hydrogen-bond acceptors (Lipinski definition) is 3. The second-order valence-electron chi connectivity index (χ2n) is 3.74. The maximum absolute atomic E-state index is 5.82. The normalized spacial score (nSPS) is 9.11. The van der Waals surface area contributed by atoms with Crippen LogP contribution < -0.4 is 11.1 Å². The number of nitrogens with one attached hydrogen (secondary N) is 1. The molecule has 6 heteroatoms. The van der Waals surface area contributed by atoms with Gasteiger partial charge >= 0.3 is 0 Å². The molecule has 0 bridgehead atoms. The molecule has 0 atom stereocenters. The molecule has 0 fully saturated rings. The van der Waals surface area contributed by atoms with Crippen LogP contribution in [0, 0.1) is 0 Å². The lowest BCUT2D eigenvalue weighted by Gasteiger charge is -2.07. The van der Waals surface area contributed by atoms with Crippen molar-refractivity contribution < 1.29 is 0 Å². The van der Waals surface area contributed by atoms with Gasteiger partial charge in [-0.25, -0.2) is 4.98 Å². The summed E-state index contributed by atoms with van der Waals surface area (Å²) in [6.45, 7) is 0.794. The first-order valence-electron chi connectivity index (χ1n) is 5.44. The summed E-state index contributed by atoms with van der Waals surface area (Å²) in [5, 5.41) is 3.97. The number of pyridine rings is 1. The molecule has 19 heavy (non-hydrogen) atoms. The van der Waals surface area contributed by atoms with Gasteiger partial charge in [-0.1, -0.05) is 23.7 Å². The highest BCUT2D eigenvalue weighted by Crippen LogP contribution is 2.13. The van der Waals surface area contributed by atoms with Gasteiger partial charge < -0.3 is 11.1 Å². The van der Waals surface area contributed by atoms with E-state index in [-0.39, 0.29) is 24.8 Å². The second kappa shape index (κ2) is 8.86. The summed E-state index contributed by atoms with van der Waals surface area (Å²) < 4.78 is 0. The van der Waals surface area contributed by atoms with Crippen molar-refractivity contribution in [3.05, 3.63) is 53.2 Å². The van der Waals surface area contributed by atoms with Gasteiger partial charge in [0, 0.05) is 17.8 Å².